The molecule has 29 heavy (non-hydrogen) atoms. The number of benzene rings is 4. The van der Waals surface area contributed by atoms with Gasteiger partial charge in [0, 0.05) is 0 Å². The van der Waals surface area contributed by atoms with Crippen LogP contribution in [-0.4, -0.2) is 8.07 Å². The summed E-state index contributed by atoms with van der Waals surface area (Å²) in [5, 5.41) is 7.25. The zero-order chi connectivity index (χ0) is 20.3. The molecule has 0 saturated carbocycles. The van der Waals surface area contributed by atoms with Gasteiger partial charge in [0.25, 0.3) is 0 Å². The van der Waals surface area contributed by atoms with Crippen molar-refractivity contribution in [1.82, 2.24) is 0 Å². The van der Waals surface area contributed by atoms with Gasteiger partial charge >= 0.3 is 177 Å². The van der Waals surface area contributed by atoms with Gasteiger partial charge in [-0.25, -0.2) is 0 Å². The van der Waals surface area contributed by atoms with Crippen molar-refractivity contribution in [2.24, 2.45) is 0 Å². The molecule has 0 nitrogen and oxygen atoms in total. The Morgan fingerprint density at radius 1 is 0.414 bits per heavy atom. The van der Waals surface area contributed by atoms with E-state index in [4.69, 9.17) is 0 Å². The Hall–Kier alpha value is -2.47. The van der Waals surface area contributed by atoms with Crippen molar-refractivity contribution < 1.29 is 0 Å². The summed E-state index contributed by atoms with van der Waals surface area (Å²) < 4.78 is 0. The fourth-order valence-electron chi connectivity index (χ4n) is 4.28. The molecule has 0 spiro atoms. The Kier molecular flexibility index (Phi) is 5.54. The van der Waals surface area contributed by atoms with Gasteiger partial charge in [0.15, 0.2) is 0 Å². The Balaban J connectivity index is 2.06. The molecule has 0 aliphatic carbocycles. The van der Waals surface area contributed by atoms with Crippen molar-refractivity contribution in [2.45, 2.75) is 19.6 Å². The van der Waals surface area contributed by atoms with Crippen LogP contribution in [0, 0.1) is 0 Å². The molecule has 0 bridgehead atoms. The predicted octanol–water partition coefficient (Wildman–Crippen LogP) is 4.58. The molecule has 2 heteroatoms. The zero-order valence-corrected chi connectivity index (χ0v) is 19.5. The molecule has 0 aliphatic rings. The van der Waals surface area contributed by atoms with E-state index in [2.05, 4.69) is 135 Å². The summed E-state index contributed by atoms with van der Waals surface area (Å²) in [6.07, 6.45) is 0. The molecule has 0 aliphatic heterocycles. The van der Waals surface area contributed by atoms with E-state index in [0.29, 0.717) is 0 Å². The summed E-state index contributed by atoms with van der Waals surface area (Å²) in [6, 6.07) is 42.9. The van der Waals surface area contributed by atoms with Crippen LogP contribution in [0.15, 0.2) is 115 Å². The van der Waals surface area contributed by atoms with E-state index in [-0.39, 0.29) is 0 Å². The van der Waals surface area contributed by atoms with Crippen molar-refractivity contribution in [3.05, 3.63) is 115 Å². The molecule has 0 fully saturated rings. The van der Waals surface area contributed by atoms with E-state index < -0.39 is 15.3 Å². The van der Waals surface area contributed by atoms with Gasteiger partial charge < -0.3 is 0 Å². The Morgan fingerprint density at radius 3 is 1.03 bits per heavy atom. The number of hydrogen-bond acceptors (Lipinski definition) is 0. The summed E-state index contributed by atoms with van der Waals surface area (Å²) in [4.78, 5) is 0. The van der Waals surface area contributed by atoms with E-state index in [0.717, 1.165) is 0 Å². The molecule has 0 aromatic heterocycles. The van der Waals surface area contributed by atoms with Crippen LogP contribution < -0.4 is 26.4 Å². The minimum absolute atomic E-state index is 1.34. The SMILES string of the molecule is C[Si](C)(C)c1ccc([PH](c2ccccc2)(c2ccccc2)c2ccccc2)cc1. The molecule has 4 aromatic carbocycles. The van der Waals surface area contributed by atoms with Crippen LogP contribution >= 0.6 is 7.26 Å². The first-order chi connectivity index (χ1) is 14.0. The quantitative estimate of drug-likeness (QED) is 0.332. The van der Waals surface area contributed by atoms with E-state index in [1.807, 2.05) is 0 Å². The van der Waals surface area contributed by atoms with Crippen LogP contribution in [0.4, 0.5) is 0 Å². The van der Waals surface area contributed by atoms with Crippen molar-refractivity contribution in [2.75, 3.05) is 0 Å². The second kappa shape index (κ2) is 8.11. The fourth-order valence-corrected chi connectivity index (χ4v) is 10.2. The van der Waals surface area contributed by atoms with E-state index >= 15 is 0 Å². The molecule has 4 rings (SSSR count). The van der Waals surface area contributed by atoms with E-state index in [1.54, 1.807) is 0 Å². The molecular weight excluding hydrogens is 383 g/mol. The van der Waals surface area contributed by atoms with Gasteiger partial charge in [0.2, 0.25) is 0 Å². The van der Waals surface area contributed by atoms with Gasteiger partial charge in [-0.3, -0.25) is 0 Å². The first-order valence-electron chi connectivity index (χ1n) is 10.3. The van der Waals surface area contributed by atoms with Crippen LogP contribution in [0.3, 0.4) is 0 Å². The number of hydrogen-bond donors (Lipinski definition) is 0. The Morgan fingerprint density at radius 2 is 0.724 bits per heavy atom. The van der Waals surface area contributed by atoms with Crippen LogP contribution in [0.1, 0.15) is 0 Å². The molecule has 0 unspecified atom stereocenters. The topological polar surface area (TPSA) is 0 Å². The average molecular weight is 413 g/mol. The minimum atomic E-state index is -2.37. The van der Waals surface area contributed by atoms with Crippen LogP contribution in [0.2, 0.25) is 19.6 Å². The van der Waals surface area contributed by atoms with Gasteiger partial charge in [-0.2, -0.15) is 0 Å². The van der Waals surface area contributed by atoms with Gasteiger partial charge in [-0.15, -0.1) is 0 Å². The van der Waals surface area contributed by atoms with E-state index in [1.165, 1.54) is 26.4 Å². The van der Waals surface area contributed by atoms with Crippen LogP contribution in [0.25, 0.3) is 0 Å². The molecular formula is C27H29PSi. The molecule has 0 heterocycles. The van der Waals surface area contributed by atoms with Crippen molar-refractivity contribution in [3.63, 3.8) is 0 Å². The van der Waals surface area contributed by atoms with Crippen LogP contribution in [-0.2, 0) is 0 Å². The van der Waals surface area contributed by atoms with Crippen molar-refractivity contribution >= 4 is 41.7 Å². The molecule has 146 valence electrons. The number of rotatable bonds is 5. The summed E-state index contributed by atoms with van der Waals surface area (Å²) in [7, 11) is -3.70. The molecule has 0 N–H and O–H groups in total. The molecule has 4 aromatic rings. The third kappa shape index (κ3) is 3.73. The van der Waals surface area contributed by atoms with E-state index in [9.17, 15) is 0 Å². The Bertz CT molecular complexity index is 954. The third-order valence-electron chi connectivity index (χ3n) is 5.80. The maximum atomic E-state index is 2.41. The van der Waals surface area contributed by atoms with Crippen molar-refractivity contribution in [3.8, 4) is 0 Å². The van der Waals surface area contributed by atoms with Gasteiger partial charge in [0.1, 0.15) is 0 Å². The predicted molar refractivity (Wildman–Crippen MR) is 136 cm³/mol. The Labute approximate surface area is 176 Å². The van der Waals surface area contributed by atoms with Crippen molar-refractivity contribution in [1.29, 1.82) is 0 Å². The fraction of sp³-hybridized carbons (Fsp3) is 0.111. The monoisotopic (exact) mass is 412 g/mol. The van der Waals surface area contributed by atoms with Gasteiger partial charge in [-0.1, -0.05) is 0 Å². The summed E-state index contributed by atoms with van der Waals surface area (Å²) in [6.45, 7) is 7.24. The second-order valence-corrected chi connectivity index (χ2v) is 17.6. The molecule has 0 atom stereocenters. The van der Waals surface area contributed by atoms with Crippen LogP contribution in [0.5, 0.6) is 0 Å². The first kappa shape index (κ1) is 19.8. The standard InChI is InChI=1S/C27H29PSi/c1-29(2,3)27-21-19-26(20-22-27)28(23-13-7-4-8-14-23,24-15-9-5-10-16-24)25-17-11-6-12-18-25/h4-22,28H,1-3H3. The summed E-state index contributed by atoms with van der Waals surface area (Å²) in [5.41, 5.74) is 0. The van der Waals surface area contributed by atoms with Gasteiger partial charge in [0.05, 0.1) is 0 Å². The maximum absolute atomic E-state index is 2.41. The summed E-state index contributed by atoms with van der Waals surface area (Å²) >= 11 is 0. The molecule has 0 amide bonds. The first-order valence-corrected chi connectivity index (χ1v) is 15.8. The zero-order valence-electron chi connectivity index (χ0n) is 17.5. The third-order valence-corrected chi connectivity index (χ3v) is 12.7. The average Bonchev–Trinajstić information content (AvgIpc) is 2.76. The summed E-state index contributed by atoms with van der Waals surface area (Å²) in [5.74, 6) is 0. The normalized spacial score (nSPS) is 12.5. The van der Waals surface area contributed by atoms with Gasteiger partial charge in [-0.05, 0) is 0 Å². The second-order valence-electron chi connectivity index (χ2n) is 8.68. The molecule has 0 radical (unpaired) electrons. The molecule has 0 saturated heterocycles.